The summed E-state index contributed by atoms with van der Waals surface area (Å²) in [4.78, 5) is 15.6. The van der Waals surface area contributed by atoms with Crippen molar-refractivity contribution in [1.82, 2.24) is 15.6 Å². The van der Waals surface area contributed by atoms with Crippen molar-refractivity contribution in [3.63, 3.8) is 0 Å². The highest BCUT2D eigenvalue weighted by atomic mass is 35.5. The maximum atomic E-state index is 11.7. The zero-order chi connectivity index (χ0) is 14.9. The molecule has 21 heavy (non-hydrogen) atoms. The molecular weight excluding hydrogens is 286 g/mol. The van der Waals surface area contributed by atoms with E-state index in [1.807, 2.05) is 36.4 Å². The van der Waals surface area contributed by atoms with Gasteiger partial charge in [0.05, 0.1) is 6.54 Å². The van der Waals surface area contributed by atoms with Gasteiger partial charge >= 0.3 is 0 Å². The molecule has 1 amide bonds. The maximum Gasteiger partial charge on any atom is 0.234 e. The Hall–Kier alpha value is -1.91. The molecule has 2 N–H and O–H groups in total. The third kappa shape index (κ3) is 5.94. The monoisotopic (exact) mass is 303 g/mol. The summed E-state index contributed by atoms with van der Waals surface area (Å²) >= 11 is 5.83. The zero-order valence-electron chi connectivity index (χ0n) is 11.7. The standard InChI is InChI=1S/C16H18ClN3O/c17-15-3-1-13(2-4-15)5-10-19-12-16(21)20-11-14-6-8-18-9-7-14/h1-4,6-9,19H,5,10-12H2,(H,20,21). The van der Waals surface area contributed by atoms with Crippen molar-refractivity contribution in [2.45, 2.75) is 13.0 Å². The van der Waals surface area contributed by atoms with E-state index < -0.39 is 0 Å². The Morgan fingerprint density at radius 3 is 2.48 bits per heavy atom. The smallest absolute Gasteiger partial charge is 0.234 e. The van der Waals surface area contributed by atoms with Crippen LogP contribution in [0.15, 0.2) is 48.8 Å². The van der Waals surface area contributed by atoms with Crippen LogP contribution in [0.2, 0.25) is 5.02 Å². The molecule has 2 aromatic rings. The minimum atomic E-state index is -0.0112. The summed E-state index contributed by atoms with van der Waals surface area (Å²) in [5.41, 5.74) is 2.24. The van der Waals surface area contributed by atoms with E-state index in [2.05, 4.69) is 15.6 Å². The summed E-state index contributed by atoms with van der Waals surface area (Å²) in [6.07, 6.45) is 4.30. The molecule has 0 spiro atoms. The fourth-order valence-electron chi connectivity index (χ4n) is 1.85. The van der Waals surface area contributed by atoms with Crippen LogP contribution in [0.25, 0.3) is 0 Å². The zero-order valence-corrected chi connectivity index (χ0v) is 12.4. The van der Waals surface area contributed by atoms with Crippen LogP contribution in [0.4, 0.5) is 0 Å². The Morgan fingerprint density at radius 2 is 1.76 bits per heavy atom. The predicted octanol–water partition coefficient (Wildman–Crippen LogP) is 2.18. The molecule has 0 aliphatic carbocycles. The van der Waals surface area contributed by atoms with E-state index >= 15 is 0 Å². The van der Waals surface area contributed by atoms with Crippen molar-refractivity contribution in [3.05, 3.63) is 64.9 Å². The number of hydrogen-bond donors (Lipinski definition) is 2. The van der Waals surface area contributed by atoms with Gasteiger partial charge in [-0.3, -0.25) is 9.78 Å². The topological polar surface area (TPSA) is 54.0 Å². The fourth-order valence-corrected chi connectivity index (χ4v) is 1.98. The highest BCUT2D eigenvalue weighted by Gasteiger charge is 2.00. The van der Waals surface area contributed by atoms with Gasteiger partial charge in [0.1, 0.15) is 0 Å². The lowest BCUT2D eigenvalue weighted by Gasteiger charge is -2.07. The largest absolute Gasteiger partial charge is 0.351 e. The number of halogens is 1. The highest BCUT2D eigenvalue weighted by Crippen LogP contribution is 2.09. The molecule has 0 bridgehead atoms. The molecule has 0 fully saturated rings. The van der Waals surface area contributed by atoms with E-state index in [1.54, 1.807) is 12.4 Å². The SMILES string of the molecule is O=C(CNCCc1ccc(Cl)cc1)NCc1ccncc1. The average molecular weight is 304 g/mol. The van der Waals surface area contributed by atoms with E-state index in [0.717, 1.165) is 23.6 Å². The molecule has 1 aromatic carbocycles. The van der Waals surface area contributed by atoms with Crippen molar-refractivity contribution in [2.24, 2.45) is 0 Å². The number of nitrogens with zero attached hydrogens (tertiary/aromatic N) is 1. The van der Waals surface area contributed by atoms with Gasteiger partial charge in [-0.25, -0.2) is 0 Å². The Balaban J connectivity index is 1.60. The van der Waals surface area contributed by atoms with Gasteiger partial charge in [0.2, 0.25) is 5.91 Å². The summed E-state index contributed by atoms with van der Waals surface area (Å²) in [6, 6.07) is 11.5. The van der Waals surface area contributed by atoms with Gasteiger partial charge in [0.25, 0.3) is 0 Å². The summed E-state index contributed by atoms with van der Waals surface area (Å²) < 4.78 is 0. The van der Waals surface area contributed by atoms with E-state index in [9.17, 15) is 4.79 Å². The lowest BCUT2D eigenvalue weighted by Crippen LogP contribution is -2.34. The molecule has 110 valence electrons. The van der Waals surface area contributed by atoms with Crippen LogP contribution >= 0.6 is 11.6 Å². The molecule has 4 nitrogen and oxygen atoms in total. The predicted molar refractivity (Wildman–Crippen MR) is 84.1 cm³/mol. The number of aromatic nitrogens is 1. The number of rotatable bonds is 7. The molecule has 1 aromatic heterocycles. The molecule has 5 heteroatoms. The van der Waals surface area contributed by atoms with Gasteiger partial charge in [0.15, 0.2) is 0 Å². The van der Waals surface area contributed by atoms with Crippen LogP contribution in [0.5, 0.6) is 0 Å². The first-order chi connectivity index (χ1) is 10.2. The fraction of sp³-hybridized carbons (Fsp3) is 0.250. The average Bonchev–Trinajstić information content (AvgIpc) is 2.52. The second-order valence-corrected chi connectivity index (χ2v) is 5.12. The number of benzene rings is 1. The first-order valence-corrected chi connectivity index (χ1v) is 7.22. The van der Waals surface area contributed by atoms with Crippen LogP contribution in [0.3, 0.4) is 0 Å². The molecule has 0 atom stereocenters. The number of carbonyl (C=O) groups excluding carboxylic acids is 1. The Morgan fingerprint density at radius 1 is 1.05 bits per heavy atom. The third-order valence-corrected chi connectivity index (χ3v) is 3.28. The van der Waals surface area contributed by atoms with Crippen molar-refractivity contribution in [1.29, 1.82) is 0 Å². The molecule has 0 saturated carbocycles. The van der Waals surface area contributed by atoms with E-state index in [-0.39, 0.29) is 5.91 Å². The number of amides is 1. The molecule has 1 heterocycles. The van der Waals surface area contributed by atoms with Gasteiger partial charge in [-0.05, 0) is 48.4 Å². The van der Waals surface area contributed by atoms with Gasteiger partial charge in [-0.2, -0.15) is 0 Å². The van der Waals surface area contributed by atoms with Crippen molar-refractivity contribution in [2.75, 3.05) is 13.1 Å². The Labute approximate surface area is 129 Å². The van der Waals surface area contributed by atoms with Gasteiger partial charge in [-0.15, -0.1) is 0 Å². The minimum Gasteiger partial charge on any atom is -0.351 e. The van der Waals surface area contributed by atoms with Crippen molar-refractivity contribution >= 4 is 17.5 Å². The molecule has 2 rings (SSSR count). The number of hydrogen-bond acceptors (Lipinski definition) is 3. The molecular formula is C16H18ClN3O. The van der Waals surface area contributed by atoms with Crippen molar-refractivity contribution < 1.29 is 4.79 Å². The molecule has 0 saturated heterocycles. The summed E-state index contributed by atoms with van der Waals surface area (Å²) in [7, 11) is 0. The number of carbonyl (C=O) groups is 1. The first kappa shape index (κ1) is 15.5. The van der Waals surface area contributed by atoms with Gasteiger partial charge < -0.3 is 10.6 Å². The Kier molecular flexibility index (Phi) is 6.19. The van der Waals surface area contributed by atoms with Crippen LogP contribution < -0.4 is 10.6 Å². The van der Waals surface area contributed by atoms with Crippen molar-refractivity contribution in [3.8, 4) is 0 Å². The van der Waals surface area contributed by atoms with Crippen LogP contribution in [-0.4, -0.2) is 24.0 Å². The second-order valence-electron chi connectivity index (χ2n) is 4.69. The lowest BCUT2D eigenvalue weighted by molar-refractivity contribution is -0.120. The number of pyridine rings is 1. The van der Waals surface area contributed by atoms with Gasteiger partial charge in [0, 0.05) is 24.0 Å². The quantitative estimate of drug-likeness (QED) is 0.771. The van der Waals surface area contributed by atoms with Crippen LogP contribution in [0.1, 0.15) is 11.1 Å². The first-order valence-electron chi connectivity index (χ1n) is 6.85. The summed E-state index contributed by atoms with van der Waals surface area (Å²) in [5.74, 6) is -0.0112. The van der Waals surface area contributed by atoms with E-state index in [4.69, 9.17) is 11.6 Å². The minimum absolute atomic E-state index is 0.0112. The van der Waals surface area contributed by atoms with E-state index in [0.29, 0.717) is 13.1 Å². The van der Waals surface area contributed by atoms with Crippen LogP contribution in [0, 0.1) is 0 Å². The second kappa shape index (κ2) is 8.39. The molecule has 0 radical (unpaired) electrons. The lowest BCUT2D eigenvalue weighted by atomic mass is 10.1. The number of nitrogens with one attached hydrogen (secondary N) is 2. The van der Waals surface area contributed by atoms with E-state index in [1.165, 1.54) is 5.56 Å². The maximum absolute atomic E-state index is 11.7. The molecule has 0 unspecified atom stereocenters. The third-order valence-electron chi connectivity index (χ3n) is 3.03. The summed E-state index contributed by atoms with van der Waals surface area (Å²) in [6.45, 7) is 1.60. The Bertz CT molecular complexity index is 557. The normalized spacial score (nSPS) is 10.3. The van der Waals surface area contributed by atoms with Crippen LogP contribution in [-0.2, 0) is 17.8 Å². The summed E-state index contributed by atoms with van der Waals surface area (Å²) in [5, 5.41) is 6.72. The highest BCUT2D eigenvalue weighted by molar-refractivity contribution is 6.30. The molecule has 0 aliphatic heterocycles. The van der Waals surface area contributed by atoms with Gasteiger partial charge in [-0.1, -0.05) is 23.7 Å². The molecule has 0 aliphatic rings.